The highest BCUT2D eigenvalue weighted by molar-refractivity contribution is 5.91. The van der Waals surface area contributed by atoms with Gasteiger partial charge in [-0.15, -0.1) is 12.4 Å². The summed E-state index contributed by atoms with van der Waals surface area (Å²) in [5.41, 5.74) is 1.93. The lowest BCUT2D eigenvalue weighted by Crippen LogP contribution is -2.15. The quantitative estimate of drug-likeness (QED) is 0.900. The van der Waals surface area contributed by atoms with Gasteiger partial charge in [0.1, 0.15) is 0 Å². The molecule has 0 unspecified atom stereocenters. The van der Waals surface area contributed by atoms with Crippen LogP contribution in [0.4, 0.5) is 5.69 Å². The molecule has 7 heteroatoms. The number of carbonyl (C=O) groups is 1. The van der Waals surface area contributed by atoms with Crippen LogP contribution in [0, 0.1) is 6.92 Å². The molecule has 0 aliphatic carbocycles. The number of carbonyl (C=O) groups excluding carboxylic acids is 1. The monoisotopic (exact) mass is 322 g/mol. The van der Waals surface area contributed by atoms with E-state index in [1.54, 1.807) is 0 Å². The third-order valence-corrected chi connectivity index (χ3v) is 3.55. The Labute approximate surface area is 135 Å². The molecule has 1 aromatic carbocycles. The molecule has 0 radical (unpaired) electrons. The van der Waals surface area contributed by atoms with E-state index in [1.807, 2.05) is 31.2 Å². The predicted octanol–water partition coefficient (Wildman–Crippen LogP) is 2.06. The molecule has 1 atom stereocenters. The van der Waals surface area contributed by atoms with Crippen LogP contribution in [0.1, 0.15) is 29.6 Å². The van der Waals surface area contributed by atoms with E-state index in [-0.39, 0.29) is 30.7 Å². The van der Waals surface area contributed by atoms with Gasteiger partial charge in [-0.05, 0) is 32.0 Å². The Hall–Kier alpha value is -1.92. The summed E-state index contributed by atoms with van der Waals surface area (Å²) in [7, 11) is 0. The Balaban J connectivity index is 0.00000176. The second-order valence-corrected chi connectivity index (χ2v) is 5.33. The molecular weight excluding hydrogens is 304 g/mol. The van der Waals surface area contributed by atoms with Crippen LogP contribution in [0.2, 0.25) is 0 Å². The van der Waals surface area contributed by atoms with E-state index in [4.69, 9.17) is 4.52 Å². The van der Waals surface area contributed by atoms with Gasteiger partial charge in [0, 0.05) is 12.2 Å². The number of halogens is 1. The zero-order valence-electron chi connectivity index (χ0n) is 12.3. The molecule has 118 valence electrons. The van der Waals surface area contributed by atoms with E-state index in [0.717, 1.165) is 30.8 Å². The van der Waals surface area contributed by atoms with Crippen molar-refractivity contribution >= 4 is 24.0 Å². The van der Waals surface area contributed by atoms with Crippen molar-refractivity contribution in [3.05, 3.63) is 41.5 Å². The fraction of sp³-hybridized carbons (Fsp3) is 0.400. The van der Waals surface area contributed by atoms with Crippen molar-refractivity contribution in [1.29, 1.82) is 0 Å². The van der Waals surface area contributed by atoms with E-state index < -0.39 is 0 Å². The van der Waals surface area contributed by atoms with Crippen LogP contribution in [0.3, 0.4) is 0 Å². The number of hydrogen-bond donors (Lipinski definition) is 2. The van der Waals surface area contributed by atoms with Gasteiger partial charge in [0.05, 0.1) is 12.3 Å². The maximum atomic E-state index is 12.0. The molecule has 22 heavy (non-hydrogen) atoms. The van der Waals surface area contributed by atoms with Crippen LogP contribution in [-0.4, -0.2) is 29.1 Å². The topological polar surface area (TPSA) is 80.0 Å². The van der Waals surface area contributed by atoms with Gasteiger partial charge in [0.25, 0.3) is 0 Å². The standard InChI is InChI=1S/C15H18N4O2.ClH/c1-10-2-4-12(5-3-10)17-14(20)8-13-18-15(21-19-13)11-6-7-16-9-11;/h2-5,11,16H,6-9H2,1H3,(H,17,20);1H/t11-;/m1./s1. The number of benzene rings is 1. The number of nitrogens with one attached hydrogen (secondary N) is 2. The summed E-state index contributed by atoms with van der Waals surface area (Å²) in [6.07, 6.45) is 1.12. The molecule has 0 saturated carbocycles. The van der Waals surface area contributed by atoms with Crippen molar-refractivity contribution in [1.82, 2.24) is 15.5 Å². The average Bonchev–Trinajstić information content (AvgIpc) is 3.12. The van der Waals surface area contributed by atoms with Crippen molar-refractivity contribution in [3.8, 4) is 0 Å². The number of amides is 1. The molecule has 1 fully saturated rings. The van der Waals surface area contributed by atoms with Crippen molar-refractivity contribution in [2.45, 2.75) is 25.7 Å². The largest absolute Gasteiger partial charge is 0.339 e. The zero-order valence-corrected chi connectivity index (χ0v) is 13.2. The van der Waals surface area contributed by atoms with Crippen LogP contribution in [0.5, 0.6) is 0 Å². The Morgan fingerprint density at radius 3 is 2.86 bits per heavy atom. The van der Waals surface area contributed by atoms with Gasteiger partial charge < -0.3 is 15.2 Å². The normalized spacial score (nSPS) is 17.0. The minimum absolute atomic E-state index is 0. The highest BCUT2D eigenvalue weighted by atomic mass is 35.5. The number of aromatic nitrogens is 2. The van der Waals surface area contributed by atoms with Gasteiger partial charge in [-0.2, -0.15) is 4.98 Å². The van der Waals surface area contributed by atoms with Gasteiger partial charge in [0.15, 0.2) is 5.82 Å². The lowest BCUT2D eigenvalue weighted by Gasteiger charge is -2.03. The summed E-state index contributed by atoms with van der Waals surface area (Å²) in [6.45, 7) is 3.83. The third kappa shape index (κ3) is 4.05. The van der Waals surface area contributed by atoms with Gasteiger partial charge in [-0.1, -0.05) is 22.9 Å². The number of rotatable bonds is 4. The maximum absolute atomic E-state index is 12.0. The highest BCUT2D eigenvalue weighted by Crippen LogP contribution is 2.20. The van der Waals surface area contributed by atoms with Crippen LogP contribution < -0.4 is 10.6 Å². The van der Waals surface area contributed by atoms with Gasteiger partial charge in [0.2, 0.25) is 11.8 Å². The van der Waals surface area contributed by atoms with Crippen molar-refractivity contribution < 1.29 is 9.32 Å². The van der Waals surface area contributed by atoms with E-state index in [9.17, 15) is 4.79 Å². The Bertz CT molecular complexity index is 621. The smallest absolute Gasteiger partial charge is 0.232 e. The Kier molecular flexibility index (Phi) is 5.51. The number of hydrogen-bond acceptors (Lipinski definition) is 5. The molecule has 1 aliphatic rings. The minimum Gasteiger partial charge on any atom is -0.339 e. The van der Waals surface area contributed by atoms with Crippen LogP contribution in [-0.2, 0) is 11.2 Å². The summed E-state index contributed by atoms with van der Waals surface area (Å²) in [5, 5.41) is 9.96. The molecule has 3 rings (SSSR count). The molecular formula is C15H19ClN4O2. The zero-order chi connectivity index (χ0) is 14.7. The average molecular weight is 323 g/mol. The first-order valence-electron chi connectivity index (χ1n) is 7.10. The molecule has 2 heterocycles. The number of aryl methyl sites for hydroxylation is 1. The number of nitrogens with zero attached hydrogens (tertiary/aromatic N) is 2. The lowest BCUT2D eigenvalue weighted by atomic mass is 10.1. The molecule has 0 spiro atoms. The molecule has 2 N–H and O–H groups in total. The van der Waals surface area contributed by atoms with Crippen LogP contribution >= 0.6 is 12.4 Å². The van der Waals surface area contributed by atoms with E-state index >= 15 is 0 Å². The minimum atomic E-state index is -0.143. The van der Waals surface area contributed by atoms with Gasteiger partial charge >= 0.3 is 0 Å². The Morgan fingerprint density at radius 1 is 1.41 bits per heavy atom. The van der Waals surface area contributed by atoms with Crippen molar-refractivity contribution in [3.63, 3.8) is 0 Å². The van der Waals surface area contributed by atoms with Crippen LogP contribution in [0.25, 0.3) is 0 Å². The molecule has 2 aromatic rings. The maximum Gasteiger partial charge on any atom is 0.232 e. The van der Waals surface area contributed by atoms with Gasteiger partial charge in [-0.3, -0.25) is 4.79 Å². The summed E-state index contributed by atoms with van der Waals surface area (Å²) in [5.74, 6) is 1.18. The molecule has 1 saturated heterocycles. The highest BCUT2D eigenvalue weighted by Gasteiger charge is 2.23. The van der Waals surface area contributed by atoms with E-state index in [2.05, 4.69) is 20.8 Å². The molecule has 0 bridgehead atoms. The molecule has 1 aliphatic heterocycles. The molecule has 1 aromatic heterocycles. The van der Waals surface area contributed by atoms with E-state index in [0.29, 0.717) is 11.7 Å². The third-order valence-electron chi connectivity index (χ3n) is 3.55. The van der Waals surface area contributed by atoms with Gasteiger partial charge in [-0.25, -0.2) is 0 Å². The first kappa shape index (κ1) is 16.5. The Morgan fingerprint density at radius 2 is 2.18 bits per heavy atom. The summed E-state index contributed by atoms with van der Waals surface area (Å²) in [6, 6.07) is 7.66. The first-order chi connectivity index (χ1) is 10.2. The SMILES string of the molecule is Cc1ccc(NC(=O)Cc2noc([C@@H]3CCNC3)n2)cc1.Cl. The van der Waals surface area contributed by atoms with E-state index in [1.165, 1.54) is 0 Å². The molecule has 1 amide bonds. The van der Waals surface area contributed by atoms with Crippen molar-refractivity contribution in [2.24, 2.45) is 0 Å². The second kappa shape index (κ2) is 7.38. The summed E-state index contributed by atoms with van der Waals surface area (Å²) < 4.78 is 5.23. The fourth-order valence-corrected chi connectivity index (χ4v) is 2.36. The second-order valence-electron chi connectivity index (χ2n) is 5.33. The summed E-state index contributed by atoms with van der Waals surface area (Å²) >= 11 is 0. The first-order valence-corrected chi connectivity index (χ1v) is 7.10. The van der Waals surface area contributed by atoms with Crippen molar-refractivity contribution in [2.75, 3.05) is 18.4 Å². The molecule has 6 nitrogen and oxygen atoms in total. The van der Waals surface area contributed by atoms with Crippen LogP contribution in [0.15, 0.2) is 28.8 Å². The lowest BCUT2D eigenvalue weighted by molar-refractivity contribution is -0.115. The fourth-order valence-electron chi connectivity index (χ4n) is 2.36. The number of anilines is 1. The predicted molar refractivity (Wildman–Crippen MR) is 85.3 cm³/mol. The summed E-state index contributed by atoms with van der Waals surface area (Å²) in [4.78, 5) is 16.3.